The maximum Gasteiger partial charge on any atom is 0.255 e. The van der Waals surface area contributed by atoms with Gasteiger partial charge in [-0.3, -0.25) is 9.89 Å². The van der Waals surface area contributed by atoms with Crippen LogP contribution in [0.4, 0.5) is 0 Å². The molecule has 0 spiro atoms. The van der Waals surface area contributed by atoms with Crippen LogP contribution in [0.5, 0.6) is 0 Å². The van der Waals surface area contributed by atoms with E-state index in [2.05, 4.69) is 24.0 Å². The van der Waals surface area contributed by atoms with Crippen molar-refractivity contribution in [3.63, 3.8) is 0 Å². The predicted octanol–water partition coefficient (Wildman–Crippen LogP) is 2.81. The van der Waals surface area contributed by atoms with Gasteiger partial charge in [0.1, 0.15) is 0 Å². The second-order valence-electron chi connectivity index (χ2n) is 5.49. The molecule has 0 aliphatic carbocycles. The first-order valence-electron chi connectivity index (χ1n) is 7.13. The van der Waals surface area contributed by atoms with Crippen molar-refractivity contribution in [3.8, 4) is 0 Å². The molecule has 0 bridgehead atoms. The average molecular weight is 305 g/mol. The van der Waals surface area contributed by atoms with E-state index in [1.54, 1.807) is 17.5 Å². The molecular formula is C15H19N3O2S. The van der Waals surface area contributed by atoms with Gasteiger partial charge < -0.3 is 9.64 Å². The predicted molar refractivity (Wildman–Crippen MR) is 81.6 cm³/mol. The molecule has 1 saturated heterocycles. The number of aromatic amines is 1. The number of rotatable bonds is 3. The molecule has 1 atom stereocenters. The van der Waals surface area contributed by atoms with Crippen molar-refractivity contribution in [1.29, 1.82) is 0 Å². The molecule has 1 aliphatic rings. The number of hydrogen-bond donors (Lipinski definition) is 1. The second kappa shape index (κ2) is 5.99. The smallest absolute Gasteiger partial charge is 0.255 e. The van der Waals surface area contributed by atoms with Crippen LogP contribution in [0.1, 0.15) is 46.7 Å². The summed E-state index contributed by atoms with van der Waals surface area (Å²) in [5, 5.41) is 8.88. The minimum Gasteiger partial charge on any atom is -0.377 e. The Morgan fingerprint density at radius 3 is 3.10 bits per heavy atom. The van der Waals surface area contributed by atoms with Crippen molar-refractivity contribution in [2.75, 3.05) is 19.8 Å². The highest BCUT2D eigenvalue weighted by atomic mass is 32.1. The van der Waals surface area contributed by atoms with Gasteiger partial charge in [0.25, 0.3) is 5.91 Å². The molecule has 0 radical (unpaired) electrons. The third kappa shape index (κ3) is 2.87. The monoisotopic (exact) mass is 305 g/mol. The number of nitrogens with one attached hydrogen (secondary N) is 1. The highest BCUT2D eigenvalue weighted by Gasteiger charge is 2.30. The van der Waals surface area contributed by atoms with Gasteiger partial charge in [-0.2, -0.15) is 5.10 Å². The molecule has 112 valence electrons. The molecule has 2 aromatic rings. The van der Waals surface area contributed by atoms with Crippen LogP contribution >= 0.6 is 11.3 Å². The lowest BCUT2D eigenvalue weighted by Gasteiger charge is -2.34. The van der Waals surface area contributed by atoms with Gasteiger partial charge in [-0.1, -0.05) is 13.8 Å². The van der Waals surface area contributed by atoms with E-state index in [1.807, 2.05) is 22.4 Å². The van der Waals surface area contributed by atoms with Gasteiger partial charge in [0.2, 0.25) is 0 Å². The summed E-state index contributed by atoms with van der Waals surface area (Å²) in [5.74, 6) is 0.519. The molecule has 3 rings (SSSR count). The molecule has 1 aliphatic heterocycles. The number of aromatic nitrogens is 2. The summed E-state index contributed by atoms with van der Waals surface area (Å²) in [6.07, 6.45) is 1.70. The summed E-state index contributed by atoms with van der Waals surface area (Å²) < 4.78 is 5.53. The van der Waals surface area contributed by atoms with Gasteiger partial charge >= 0.3 is 0 Å². The van der Waals surface area contributed by atoms with Gasteiger partial charge in [-0.25, -0.2) is 0 Å². The normalized spacial score (nSPS) is 19.2. The van der Waals surface area contributed by atoms with Crippen LogP contribution < -0.4 is 0 Å². The van der Waals surface area contributed by atoms with Crippen LogP contribution in [0.25, 0.3) is 0 Å². The Balaban J connectivity index is 1.83. The van der Waals surface area contributed by atoms with E-state index in [0.29, 0.717) is 25.7 Å². The van der Waals surface area contributed by atoms with Crippen LogP contribution in [-0.2, 0) is 4.74 Å². The van der Waals surface area contributed by atoms with Gasteiger partial charge in [-0.05, 0) is 18.1 Å². The molecule has 3 heterocycles. The Bertz CT molecular complexity index is 606. The Kier molecular flexibility index (Phi) is 4.07. The van der Waals surface area contributed by atoms with Crippen LogP contribution in [0.2, 0.25) is 0 Å². The van der Waals surface area contributed by atoms with Gasteiger partial charge in [0.05, 0.1) is 30.5 Å². The number of nitrogens with zero attached hydrogens (tertiary/aromatic N) is 2. The maximum atomic E-state index is 12.8. The van der Waals surface area contributed by atoms with E-state index in [1.165, 1.54) is 4.88 Å². The van der Waals surface area contributed by atoms with E-state index in [4.69, 9.17) is 4.74 Å². The van der Waals surface area contributed by atoms with E-state index < -0.39 is 0 Å². The summed E-state index contributed by atoms with van der Waals surface area (Å²) in [6.45, 7) is 5.98. The van der Waals surface area contributed by atoms with Crippen LogP contribution in [0.15, 0.2) is 23.7 Å². The molecular weight excluding hydrogens is 286 g/mol. The number of carbonyl (C=O) groups excluding carboxylic acids is 1. The molecule has 1 fully saturated rings. The molecule has 6 heteroatoms. The van der Waals surface area contributed by atoms with Crippen molar-refractivity contribution in [2.24, 2.45) is 0 Å². The van der Waals surface area contributed by atoms with Gasteiger partial charge in [-0.15, -0.1) is 11.3 Å². The minimum atomic E-state index is -0.0869. The number of ether oxygens (including phenoxy) is 1. The standard InChI is InChI=1S/C15H19N3O2S/c1-10(2)14-7-11(9-21-14)15(19)18-5-6-20-8-13(18)12-3-4-16-17-12/h3-4,7,9-10,13H,5-6,8H2,1-2H3,(H,16,17)/t13-/m0/s1. The summed E-state index contributed by atoms with van der Waals surface area (Å²) in [7, 11) is 0. The number of amides is 1. The van der Waals surface area contributed by atoms with E-state index in [-0.39, 0.29) is 11.9 Å². The fraction of sp³-hybridized carbons (Fsp3) is 0.467. The highest BCUT2D eigenvalue weighted by molar-refractivity contribution is 7.10. The zero-order valence-electron chi connectivity index (χ0n) is 12.2. The highest BCUT2D eigenvalue weighted by Crippen LogP contribution is 2.28. The quantitative estimate of drug-likeness (QED) is 0.948. The largest absolute Gasteiger partial charge is 0.377 e. The Morgan fingerprint density at radius 2 is 2.43 bits per heavy atom. The fourth-order valence-electron chi connectivity index (χ4n) is 2.49. The molecule has 5 nitrogen and oxygen atoms in total. The molecule has 1 amide bonds. The van der Waals surface area contributed by atoms with Crippen molar-refractivity contribution in [1.82, 2.24) is 15.1 Å². The first-order chi connectivity index (χ1) is 10.2. The lowest BCUT2D eigenvalue weighted by Crippen LogP contribution is -2.43. The molecule has 0 saturated carbocycles. The average Bonchev–Trinajstić information content (AvgIpc) is 3.18. The van der Waals surface area contributed by atoms with E-state index in [9.17, 15) is 4.79 Å². The molecule has 0 unspecified atom stereocenters. The summed E-state index contributed by atoms with van der Waals surface area (Å²) in [5.41, 5.74) is 1.69. The van der Waals surface area contributed by atoms with Crippen LogP contribution in [0.3, 0.4) is 0 Å². The topological polar surface area (TPSA) is 58.2 Å². The number of carbonyl (C=O) groups is 1. The van der Waals surface area contributed by atoms with Crippen molar-refractivity contribution < 1.29 is 9.53 Å². The van der Waals surface area contributed by atoms with Crippen LogP contribution in [-0.4, -0.2) is 40.8 Å². The molecule has 1 N–H and O–H groups in total. The number of thiophene rings is 1. The Hall–Kier alpha value is -1.66. The lowest BCUT2D eigenvalue weighted by atomic mass is 10.1. The van der Waals surface area contributed by atoms with Crippen molar-refractivity contribution in [2.45, 2.75) is 25.8 Å². The zero-order valence-corrected chi connectivity index (χ0v) is 13.0. The maximum absolute atomic E-state index is 12.8. The number of H-pyrrole nitrogens is 1. The summed E-state index contributed by atoms with van der Waals surface area (Å²) in [6, 6.07) is 3.82. The number of morpholine rings is 1. The first-order valence-corrected chi connectivity index (χ1v) is 8.01. The third-order valence-corrected chi connectivity index (χ3v) is 4.94. The SMILES string of the molecule is CC(C)c1cc(C(=O)N2CCOC[C@H]2c2ccn[nH]2)cs1. The van der Waals surface area contributed by atoms with Crippen LogP contribution in [0, 0.1) is 0 Å². The lowest BCUT2D eigenvalue weighted by molar-refractivity contribution is -0.00388. The fourth-order valence-corrected chi connectivity index (χ4v) is 3.39. The number of hydrogen-bond acceptors (Lipinski definition) is 4. The zero-order chi connectivity index (χ0) is 14.8. The molecule has 0 aromatic carbocycles. The summed E-state index contributed by atoms with van der Waals surface area (Å²) in [4.78, 5) is 15.9. The third-order valence-electron chi connectivity index (χ3n) is 3.71. The van der Waals surface area contributed by atoms with Gasteiger partial charge in [0.15, 0.2) is 0 Å². The van der Waals surface area contributed by atoms with Crippen molar-refractivity contribution >= 4 is 17.2 Å². The van der Waals surface area contributed by atoms with Crippen molar-refractivity contribution in [3.05, 3.63) is 39.8 Å². The minimum absolute atomic E-state index is 0.0704. The Labute approximate surface area is 127 Å². The van der Waals surface area contributed by atoms with E-state index in [0.717, 1.165) is 11.3 Å². The van der Waals surface area contributed by atoms with Gasteiger partial charge in [0, 0.05) is 23.0 Å². The second-order valence-corrected chi connectivity index (χ2v) is 6.44. The molecule has 21 heavy (non-hydrogen) atoms. The first kappa shape index (κ1) is 14.3. The molecule has 2 aromatic heterocycles. The van der Waals surface area contributed by atoms with E-state index >= 15 is 0 Å². The Morgan fingerprint density at radius 1 is 1.57 bits per heavy atom. The summed E-state index contributed by atoms with van der Waals surface area (Å²) >= 11 is 1.65.